The van der Waals surface area contributed by atoms with Gasteiger partial charge in [0.15, 0.2) is 17.5 Å². The second kappa shape index (κ2) is 7.10. The maximum atomic E-state index is 13.3. The molecule has 1 aromatic carbocycles. The Balaban J connectivity index is 2.69. The molecule has 7 heteroatoms. The van der Waals surface area contributed by atoms with Crippen molar-refractivity contribution in [2.75, 3.05) is 31.6 Å². The number of rotatable bonds is 6. The van der Waals surface area contributed by atoms with E-state index in [0.29, 0.717) is 13.1 Å². The summed E-state index contributed by atoms with van der Waals surface area (Å²) in [6.07, 6.45) is 0. The summed E-state index contributed by atoms with van der Waals surface area (Å²) in [7, 11) is 0. The molecule has 4 nitrogen and oxygen atoms in total. The van der Waals surface area contributed by atoms with Crippen LogP contribution in [0.5, 0.6) is 0 Å². The molecule has 1 rings (SSSR count). The van der Waals surface area contributed by atoms with Crippen molar-refractivity contribution in [3.05, 3.63) is 29.6 Å². The Labute approximate surface area is 108 Å². The van der Waals surface area contributed by atoms with Gasteiger partial charge < -0.3 is 10.4 Å². The smallest absolute Gasteiger partial charge is 0.238 e. The average molecular weight is 276 g/mol. The van der Waals surface area contributed by atoms with Crippen LogP contribution in [-0.4, -0.2) is 42.2 Å². The van der Waals surface area contributed by atoms with Gasteiger partial charge in [-0.3, -0.25) is 9.69 Å². The molecule has 0 heterocycles. The number of hydrogen-bond donors (Lipinski definition) is 2. The molecular formula is C12H15F3N2O2. The highest BCUT2D eigenvalue weighted by Gasteiger charge is 2.16. The van der Waals surface area contributed by atoms with Gasteiger partial charge in [-0.25, -0.2) is 13.2 Å². The van der Waals surface area contributed by atoms with Crippen LogP contribution in [0, 0.1) is 17.5 Å². The Hall–Kier alpha value is -1.60. The molecule has 0 saturated heterocycles. The molecule has 0 saturated carbocycles. The summed E-state index contributed by atoms with van der Waals surface area (Å²) in [6, 6.07) is 1.69. The first-order chi connectivity index (χ1) is 8.99. The Morgan fingerprint density at radius 3 is 2.58 bits per heavy atom. The van der Waals surface area contributed by atoms with Gasteiger partial charge in [-0.1, -0.05) is 6.92 Å². The van der Waals surface area contributed by atoms with E-state index in [0.717, 1.165) is 12.1 Å². The molecule has 0 radical (unpaired) electrons. The number of nitrogens with one attached hydrogen (secondary N) is 1. The van der Waals surface area contributed by atoms with Crippen molar-refractivity contribution in [3.8, 4) is 0 Å². The molecule has 0 aliphatic heterocycles. The SMILES string of the molecule is CCN(CCO)CC(=O)Nc1ccc(F)c(F)c1F. The number of aliphatic hydroxyl groups is 1. The van der Waals surface area contributed by atoms with Crippen molar-refractivity contribution in [3.63, 3.8) is 0 Å². The third-order valence-corrected chi connectivity index (χ3v) is 2.54. The minimum absolute atomic E-state index is 0.0739. The molecule has 0 spiro atoms. The van der Waals surface area contributed by atoms with Gasteiger partial charge in [0.05, 0.1) is 18.8 Å². The lowest BCUT2D eigenvalue weighted by molar-refractivity contribution is -0.117. The number of carbonyl (C=O) groups is 1. The van der Waals surface area contributed by atoms with Crippen LogP contribution >= 0.6 is 0 Å². The van der Waals surface area contributed by atoms with Crippen LogP contribution in [0.2, 0.25) is 0 Å². The monoisotopic (exact) mass is 276 g/mol. The summed E-state index contributed by atoms with van der Waals surface area (Å²) in [5.41, 5.74) is -0.413. The molecule has 0 aliphatic rings. The van der Waals surface area contributed by atoms with E-state index in [-0.39, 0.29) is 13.2 Å². The van der Waals surface area contributed by atoms with E-state index in [1.54, 1.807) is 11.8 Å². The van der Waals surface area contributed by atoms with Crippen LogP contribution < -0.4 is 5.32 Å². The second-order valence-corrected chi connectivity index (χ2v) is 3.86. The van der Waals surface area contributed by atoms with Crippen molar-refractivity contribution < 1.29 is 23.1 Å². The standard InChI is InChI=1S/C12H15F3N2O2/c1-2-17(5-6-18)7-10(19)16-9-4-3-8(13)11(14)12(9)15/h3-4,18H,2,5-7H2,1H3,(H,16,19). The number of nitrogens with zero attached hydrogens (tertiary/aromatic N) is 1. The lowest BCUT2D eigenvalue weighted by Gasteiger charge is -2.18. The van der Waals surface area contributed by atoms with Gasteiger partial charge in [-0.05, 0) is 18.7 Å². The zero-order chi connectivity index (χ0) is 14.4. The maximum Gasteiger partial charge on any atom is 0.238 e. The van der Waals surface area contributed by atoms with Crippen molar-refractivity contribution in [2.24, 2.45) is 0 Å². The molecular weight excluding hydrogens is 261 g/mol. The topological polar surface area (TPSA) is 52.6 Å². The van der Waals surface area contributed by atoms with E-state index in [2.05, 4.69) is 5.32 Å². The van der Waals surface area contributed by atoms with Gasteiger partial charge in [-0.2, -0.15) is 0 Å². The van der Waals surface area contributed by atoms with Gasteiger partial charge in [-0.15, -0.1) is 0 Å². The van der Waals surface area contributed by atoms with Gasteiger partial charge in [0.25, 0.3) is 0 Å². The molecule has 0 bridgehead atoms. The molecule has 0 aliphatic carbocycles. The summed E-state index contributed by atoms with van der Waals surface area (Å²) < 4.78 is 39.0. The van der Waals surface area contributed by atoms with Crippen LogP contribution in [0.3, 0.4) is 0 Å². The predicted molar refractivity (Wildman–Crippen MR) is 64.1 cm³/mol. The van der Waals surface area contributed by atoms with Crippen LogP contribution in [0.4, 0.5) is 18.9 Å². The largest absolute Gasteiger partial charge is 0.395 e. The van der Waals surface area contributed by atoms with Crippen molar-refractivity contribution >= 4 is 11.6 Å². The number of carbonyl (C=O) groups excluding carboxylic acids is 1. The number of anilines is 1. The fraction of sp³-hybridized carbons (Fsp3) is 0.417. The fourth-order valence-corrected chi connectivity index (χ4v) is 1.51. The quantitative estimate of drug-likeness (QED) is 0.771. The molecule has 106 valence electrons. The number of likely N-dealkylation sites (N-methyl/N-ethyl adjacent to an activating group) is 1. The van der Waals surface area contributed by atoms with Crippen LogP contribution in [0.15, 0.2) is 12.1 Å². The molecule has 0 aromatic heterocycles. The van der Waals surface area contributed by atoms with Crippen molar-refractivity contribution in [1.29, 1.82) is 0 Å². The van der Waals surface area contributed by atoms with Gasteiger partial charge >= 0.3 is 0 Å². The molecule has 0 fully saturated rings. The first-order valence-electron chi connectivity index (χ1n) is 5.76. The Bertz CT molecular complexity index is 455. The average Bonchev–Trinajstić information content (AvgIpc) is 2.39. The van der Waals surface area contributed by atoms with Gasteiger partial charge in [0, 0.05) is 6.54 Å². The minimum Gasteiger partial charge on any atom is -0.395 e. The number of aliphatic hydroxyl groups excluding tert-OH is 1. The third kappa shape index (κ3) is 4.22. The first-order valence-corrected chi connectivity index (χ1v) is 5.76. The third-order valence-electron chi connectivity index (χ3n) is 2.54. The summed E-state index contributed by atoms with van der Waals surface area (Å²) in [6.45, 7) is 2.43. The number of amides is 1. The van der Waals surface area contributed by atoms with E-state index in [4.69, 9.17) is 5.11 Å². The summed E-state index contributed by atoms with van der Waals surface area (Å²) in [5.74, 6) is -4.94. The minimum atomic E-state index is -1.62. The number of hydrogen-bond acceptors (Lipinski definition) is 3. The highest BCUT2D eigenvalue weighted by atomic mass is 19.2. The van der Waals surface area contributed by atoms with E-state index in [9.17, 15) is 18.0 Å². The van der Waals surface area contributed by atoms with Gasteiger partial charge in [0.2, 0.25) is 5.91 Å². The van der Waals surface area contributed by atoms with E-state index < -0.39 is 29.0 Å². The lowest BCUT2D eigenvalue weighted by atomic mass is 10.2. The molecule has 0 unspecified atom stereocenters. The summed E-state index contributed by atoms with van der Waals surface area (Å²) in [5, 5.41) is 10.9. The fourth-order valence-electron chi connectivity index (χ4n) is 1.51. The summed E-state index contributed by atoms with van der Waals surface area (Å²) >= 11 is 0. The summed E-state index contributed by atoms with van der Waals surface area (Å²) in [4.78, 5) is 13.2. The van der Waals surface area contributed by atoms with Crippen LogP contribution in [-0.2, 0) is 4.79 Å². The highest BCUT2D eigenvalue weighted by molar-refractivity contribution is 5.92. The van der Waals surface area contributed by atoms with Crippen LogP contribution in [0.25, 0.3) is 0 Å². The van der Waals surface area contributed by atoms with Crippen molar-refractivity contribution in [1.82, 2.24) is 4.90 Å². The Morgan fingerprint density at radius 2 is 2.00 bits per heavy atom. The molecule has 2 N–H and O–H groups in total. The zero-order valence-electron chi connectivity index (χ0n) is 10.4. The molecule has 1 aromatic rings. The predicted octanol–water partition coefficient (Wildman–Crippen LogP) is 1.36. The molecule has 0 atom stereocenters. The maximum absolute atomic E-state index is 13.3. The highest BCUT2D eigenvalue weighted by Crippen LogP contribution is 2.19. The normalized spacial score (nSPS) is 10.8. The zero-order valence-corrected chi connectivity index (χ0v) is 10.4. The number of benzene rings is 1. The lowest BCUT2D eigenvalue weighted by Crippen LogP contribution is -2.35. The van der Waals surface area contributed by atoms with Crippen molar-refractivity contribution in [2.45, 2.75) is 6.92 Å². The van der Waals surface area contributed by atoms with E-state index in [1.807, 2.05) is 0 Å². The van der Waals surface area contributed by atoms with E-state index in [1.165, 1.54) is 0 Å². The van der Waals surface area contributed by atoms with Crippen LogP contribution in [0.1, 0.15) is 6.92 Å². The second-order valence-electron chi connectivity index (χ2n) is 3.86. The Kier molecular flexibility index (Phi) is 5.78. The first kappa shape index (κ1) is 15.5. The molecule has 1 amide bonds. The van der Waals surface area contributed by atoms with Gasteiger partial charge in [0.1, 0.15) is 0 Å². The Morgan fingerprint density at radius 1 is 1.32 bits per heavy atom. The number of halogens is 3. The molecule has 19 heavy (non-hydrogen) atoms. The van der Waals surface area contributed by atoms with E-state index >= 15 is 0 Å².